The predicted octanol–water partition coefficient (Wildman–Crippen LogP) is 4.76. The van der Waals surface area contributed by atoms with Gasteiger partial charge in [-0.1, -0.05) is 26.0 Å². The van der Waals surface area contributed by atoms with Crippen molar-refractivity contribution >= 4 is 5.95 Å². The molecule has 0 amide bonds. The maximum atomic E-state index is 13.4. The average Bonchev–Trinajstić information content (AvgIpc) is 3.19. The highest BCUT2D eigenvalue weighted by Crippen LogP contribution is 2.27. The molecule has 1 fully saturated rings. The van der Waals surface area contributed by atoms with Gasteiger partial charge in [0.25, 0.3) is 0 Å². The zero-order chi connectivity index (χ0) is 23.4. The molecular weight excluding hydrogens is 417 g/mol. The number of likely N-dealkylation sites (tertiary alicyclic amines) is 1. The minimum absolute atomic E-state index is 0.219. The monoisotopic (exact) mass is 451 g/mol. The molecule has 0 atom stereocenters. The molecule has 7 heteroatoms. The summed E-state index contributed by atoms with van der Waals surface area (Å²) in [5.74, 6) is 2.66. The summed E-state index contributed by atoms with van der Waals surface area (Å²) in [5.41, 5.74) is 2.05. The highest BCUT2D eigenvalue weighted by molar-refractivity contribution is 5.58. The number of nitrogens with zero attached hydrogens (tertiary/aromatic N) is 5. The molecule has 1 aliphatic rings. The van der Waals surface area contributed by atoms with E-state index >= 15 is 0 Å². The smallest absolute Gasteiger partial charge is 0.245 e. The van der Waals surface area contributed by atoms with Gasteiger partial charge in [-0.2, -0.15) is 4.98 Å². The molecule has 4 rings (SSSR count). The first kappa shape index (κ1) is 23.2. The quantitative estimate of drug-likeness (QED) is 0.494. The van der Waals surface area contributed by atoms with Crippen LogP contribution in [0.2, 0.25) is 0 Å². The fourth-order valence-electron chi connectivity index (χ4n) is 4.16. The third-order valence-corrected chi connectivity index (χ3v) is 6.10. The van der Waals surface area contributed by atoms with Crippen molar-refractivity contribution < 1.29 is 9.13 Å². The first-order valence-corrected chi connectivity index (χ1v) is 11.7. The summed E-state index contributed by atoms with van der Waals surface area (Å²) >= 11 is 0. The van der Waals surface area contributed by atoms with Gasteiger partial charge < -0.3 is 14.5 Å². The number of aryl methyl sites for hydroxylation is 1. The number of halogens is 1. The molecule has 176 valence electrons. The molecule has 0 bridgehead atoms. The minimum atomic E-state index is -0.219. The van der Waals surface area contributed by atoms with Gasteiger partial charge in [0.1, 0.15) is 11.6 Å². The number of ether oxygens (including phenoxy) is 1. The summed E-state index contributed by atoms with van der Waals surface area (Å²) in [6.07, 6.45) is 2.10. The first-order chi connectivity index (χ1) is 15.9. The zero-order valence-electron chi connectivity index (χ0n) is 20.0. The van der Waals surface area contributed by atoms with Crippen LogP contribution in [0, 0.1) is 11.7 Å². The lowest BCUT2D eigenvalue weighted by Crippen LogP contribution is -2.44. The van der Waals surface area contributed by atoms with Gasteiger partial charge in [-0.15, -0.1) is 5.10 Å². The van der Waals surface area contributed by atoms with Crippen LogP contribution in [0.4, 0.5) is 10.3 Å². The molecule has 0 spiro atoms. The second-order valence-electron chi connectivity index (χ2n) is 9.38. The minimum Gasteiger partial charge on any atom is -0.493 e. The standard InChI is InChI=1S/C26H34FN5O/c1-19(2)18-33-24-11-7-21(8-12-24)25-28-26(29-31(25)4)32(23-13-15-30(3)16-14-23)17-20-5-9-22(27)10-6-20/h5-12,19,23H,13-18H2,1-4H3. The third kappa shape index (κ3) is 5.90. The van der Waals surface area contributed by atoms with E-state index < -0.39 is 0 Å². The van der Waals surface area contributed by atoms with Gasteiger partial charge in [-0.05, 0) is 80.9 Å². The third-order valence-electron chi connectivity index (χ3n) is 6.10. The SMILES string of the molecule is CC(C)COc1ccc(-c2nc(N(Cc3ccc(F)cc3)C3CCN(C)CC3)nn2C)cc1. The van der Waals surface area contributed by atoms with Gasteiger partial charge >= 0.3 is 0 Å². The summed E-state index contributed by atoms with van der Waals surface area (Å²) in [4.78, 5) is 9.58. The Kier molecular flexibility index (Phi) is 7.28. The van der Waals surface area contributed by atoms with Gasteiger partial charge in [0.05, 0.1) is 6.61 Å². The van der Waals surface area contributed by atoms with E-state index in [4.69, 9.17) is 14.8 Å². The van der Waals surface area contributed by atoms with Gasteiger partial charge in [0.2, 0.25) is 5.95 Å². The molecule has 33 heavy (non-hydrogen) atoms. The molecule has 0 aliphatic carbocycles. The van der Waals surface area contributed by atoms with Crippen LogP contribution in [-0.2, 0) is 13.6 Å². The van der Waals surface area contributed by atoms with Crippen molar-refractivity contribution in [2.75, 3.05) is 31.6 Å². The highest BCUT2D eigenvalue weighted by atomic mass is 19.1. The molecule has 2 heterocycles. The molecule has 0 saturated carbocycles. The van der Waals surface area contributed by atoms with Gasteiger partial charge in [-0.25, -0.2) is 9.07 Å². The van der Waals surface area contributed by atoms with Crippen molar-refractivity contribution in [2.24, 2.45) is 13.0 Å². The van der Waals surface area contributed by atoms with E-state index in [9.17, 15) is 4.39 Å². The van der Waals surface area contributed by atoms with E-state index in [1.807, 2.05) is 48.1 Å². The number of anilines is 1. The lowest BCUT2D eigenvalue weighted by Gasteiger charge is -2.36. The van der Waals surface area contributed by atoms with E-state index in [1.54, 1.807) is 0 Å². The molecule has 1 saturated heterocycles. The largest absolute Gasteiger partial charge is 0.493 e. The van der Waals surface area contributed by atoms with E-state index in [2.05, 4.69) is 30.7 Å². The lowest BCUT2D eigenvalue weighted by atomic mass is 10.0. The van der Waals surface area contributed by atoms with E-state index in [0.717, 1.165) is 48.6 Å². The first-order valence-electron chi connectivity index (χ1n) is 11.7. The zero-order valence-corrected chi connectivity index (χ0v) is 20.0. The molecule has 6 nitrogen and oxygen atoms in total. The summed E-state index contributed by atoms with van der Waals surface area (Å²) in [7, 11) is 4.09. The Morgan fingerprint density at radius 1 is 1.03 bits per heavy atom. The molecular formula is C26H34FN5O. The Morgan fingerprint density at radius 2 is 1.70 bits per heavy atom. The summed E-state index contributed by atoms with van der Waals surface area (Å²) < 4.78 is 21.1. The van der Waals surface area contributed by atoms with E-state index in [0.29, 0.717) is 31.1 Å². The maximum Gasteiger partial charge on any atom is 0.245 e. The van der Waals surface area contributed by atoms with Crippen LogP contribution in [0.25, 0.3) is 11.4 Å². The van der Waals surface area contributed by atoms with Crippen molar-refractivity contribution in [2.45, 2.75) is 39.3 Å². The molecule has 1 aromatic heterocycles. The molecule has 0 radical (unpaired) electrons. The Bertz CT molecular complexity index is 1020. The summed E-state index contributed by atoms with van der Waals surface area (Å²) in [6.45, 7) is 7.71. The fraction of sp³-hybridized carbons (Fsp3) is 0.462. The van der Waals surface area contributed by atoms with Crippen molar-refractivity contribution in [3.05, 3.63) is 59.9 Å². The van der Waals surface area contributed by atoms with Crippen LogP contribution in [0.5, 0.6) is 5.75 Å². The average molecular weight is 452 g/mol. The normalized spacial score (nSPS) is 15.2. The van der Waals surface area contributed by atoms with Crippen LogP contribution in [-0.4, -0.2) is 52.5 Å². The maximum absolute atomic E-state index is 13.4. The number of hydrogen-bond acceptors (Lipinski definition) is 5. The van der Waals surface area contributed by atoms with Crippen molar-refractivity contribution in [3.63, 3.8) is 0 Å². The molecule has 0 unspecified atom stereocenters. The summed E-state index contributed by atoms with van der Waals surface area (Å²) in [5, 5.41) is 4.79. The molecule has 3 aromatic rings. The van der Waals surface area contributed by atoms with Crippen LogP contribution in [0.1, 0.15) is 32.3 Å². The van der Waals surface area contributed by atoms with Gasteiger partial charge in [-0.3, -0.25) is 0 Å². The Morgan fingerprint density at radius 3 is 2.33 bits per heavy atom. The molecule has 0 N–H and O–H groups in total. The van der Waals surface area contributed by atoms with Crippen LogP contribution < -0.4 is 9.64 Å². The predicted molar refractivity (Wildman–Crippen MR) is 130 cm³/mol. The lowest BCUT2D eigenvalue weighted by molar-refractivity contribution is 0.248. The van der Waals surface area contributed by atoms with E-state index in [1.165, 1.54) is 12.1 Å². The topological polar surface area (TPSA) is 46.4 Å². The van der Waals surface area contributed by atoms with Crippen LogP contribution in [0.3, 0.4) is 0 Å². The van der Waals surface area contributed by atoms with Gasteiger partial charge in [0, 0.05) is 25.2 Å². The van der Waals surface area contributed by atoms with Crippen molar-refractivity contribution in [1.29, 1.82) is 0 Å². The second kappa shape index (κ2) is 10.3. The Balaban J connectivity index is 1.58. The number of aromatic nitrogens is 3. The van der Waals surface area contributed by atoms with Crippen molar-refractivity contribution in [3.8, 4) is 17.1 Å². The number of benzene rings is 2. The van der Waals surface area contributed by atoms with Crippen LogP contribution in [0.15, 0.2) is 48.5 Å². The number of hydrogen-bond donors (Lipinski definition) is 0. The highest BCUT2D eigenvalue weighted by Gasteiger charge is 2.27. The second-order valence-corrected chi connectivity index (χ2v) is 9.38. The molecule has 1 aliphatic heterocycles. The van der Waals surface area contributed by atoms with Crippen LogP contribution >= 0.6 is 0 Å². The number of piperidine rings is 1. The van der Waals surface area contributed by atoms with Crippen molar-refractivity contribution in [1.82, 2.24) is 19.7 Å². The summed E-state index contributed by atoms with van der Waals surface area (Å²) in [6, 6.07) is 15.1. The fourth-order valence-corrected chi connectivity index (χ4v) is 4.16. The van der Waals surface area contributed by atoms with Gasteiger partial charge in [0.15, 0.2) is 5.82 Å². The number of rotatable bonds is 8. The molecule has 2 aromatic carbocycles. The van der Waals surface area contributed by atoms with E-state index in [-0.39, 0.29) is 5.82 Å². The Labute approximate surface area is 196 Å². The Hall–Kier alpha value is -2.93.